The molecule has 22 heavy (non-hydrogen) atoms. The lowest BCUT2D eigenvalue weighted by atomic mass is 9.92. The smallest absolute Gasteiger partial charge is 0.338 e. The van der Waals surface area contributed by atoms with E-state index in [9.17, 15) is 15.0 Å². The Labute approximate surface area is 130 Å². The zero-order valence-electron chi connectivity index (χ0n) is 13.0. The summed E-state index contributed by atoms with van der Waals surface area (Å²) in [5.41, 5.74) is 0.449. The summed E-state index contributed by atoms with van der Waals surface area (Å²) in [4.78, 5) is 13.7. The second-order valence-electron chi connectivity index (χ2n) is 5.78. The molecule has 1 heterocycles. The van der Waals surface area contributed by atoms with Gasteiger partial charge in [0.25, 0.3) is 0 Å². The van der Waals surface area contributed by atoms with Gasteiger partial charge in [-0.25, -0.2) is 4.79 Å². The third kappa shape index (κ3) is 3.64. The predicted octanol–water partition coefficient (Wildman–Crippen LogP) is 0.283. The minimum absolute atomic E-state index is 0.0592. The maximum atomic E-state index is 11.9. The highest BCUT2D eigenvalue weighted by molar-refractivity contribution is 5.89. The Morgan fingerprint density at radius 3 is 2.45 bits per heavy atom. The van der Waals surface area contributed by atoms with Crippen LogP contribution >= 0.6 is 0 Å². The molecule has 0 aliphatic carbocycles. The van der Waals surface area contributed by atoms with Gasteiger partial charge in [0.15, 0.2) is 0 Å². The first-order valence-corrected chi connectivity index (χ1v) is 7.32. The van der Waals surface area contributed by atoms with Gasteiger partial charge >= 0.3 is 5.97 Å². The molecule has 6 heteroatoms. The number of benzene rings is 1. The molecule has 1 aliphatic rings. The monoisotopic (exact) mass is 309 g/mol. The molecule has 0 bridgehead atoms. The van der Waals surface area contributed by atoms with Crippen molar-refractivity contribution in [3.63, 3.8) is 0 Å². The van der Waals surface area contributed by atoms with Crippen molar-refractivity contribution in [2.75, 3.05) is 20.7 Å². The van der Waals surface area contributed by atoms with Crippen molar-refractivity contribution in [2.24, 2.45) is 0 Å². The second kappa shape index (κ2) is 7.19. The molecule has 1 saturated heterocycles. The number of aliphatic hydroxyl groups is 2. The van der Waals surface area contributed by atoms with E-state index < -0.39 is 36.4 Å². The minimum Gasteiger partial charge on any atom is -0.459 e. The average molecular weight is 309 g/mol. The summed E-state index contributed by atoms with van der Waals surface area (Å²) < 4.78 is 10.8. The summed E-state index contributed by atoms with van der Waals surface area (Å²) in [6.07, 6.45) is -2.86. The Balaban J connectivity index is 1.98. The van der Waals surface area contributed by atoms with Crippen LogP contribution in [0.3, 0.4) is 0 Å². The Morgan fingerprint density at radius 1 is 1.23 bits per heavy atom. The van der Waals surface area contributed by atoms with Crippen LogP contribution in [0.5, 0.6) is 0 Å². The average Bonchev–Trinajstić information content (AvgIpc) is 2.50. The summed E-state index contributed by atoms with van der Waals surface area (Å²) in [7, 11) is 3.56. The Morgan fingerprint density at radius 2 is 1.86 bits per heavy atom. The summed E-state index contributed by atoms with van der Waals surface area (Å²) >= 11 is 0. The van der Waals surface area contributed by atoms with E-state index in [-0.39, 0.29) is 6.61 Å². The SMILES string of the molecule is C[C@@H]1O[C@H](COC(=O)c2ccccc2)C(O)C(N(C)C)C1O. The maximum absolute atomic E-state index is 11.9. The van der Waals surface area contributed by atoms with Crippen molar-refractivity contribution in [1.29, 1.82) is 0 Å². The van der Waals surface area contributed by atoms with E-state index in [4.69, 9.17) is 9.47 Å². The zero-order chi connectivity index (χ0) is 16.3. The van der Waals surface area contributed by atoms with Crippen molar-refractivity contribution in [2.45, 2.75) is 37.4 Å². The van der Waals surface area contributed by atoms with E-state index in [0.29, 0.717) is 5.56 Å². The van der Waals surface area contributed by atoms with Gasteiger partial charge in [0.2, 0.25) is 0 Å². The Bertz CT molecular complexity index is 493. The molecule has 0 saturated carbocycles. The third-order valence-electron chi connectivity index (χ3n) is 3.94. The van der Waals surface area contributed by atoms with E-state index in [1.54, 1.807) is 50.2 Å². The van der Waals surface area contributed by atoms with Crippen LogP contribution in [0.2, 0.25) is 0 Å². The summed E-state index contributed by atoms with van der Waals surface area (Å²) in [6, 6.07) is 8.18. The van der Waals surface area contributed by atoms with Crippen LogP contribution in [-0.4, -0.2) is 72.2 Å². The first kappa shape index (κ1) is 16.9. The topological polar surface area (TPSA) is 79.2 Å². The number of carbonyl (C=O) groups is 1. The van der Waals surface area contributed by atoms with Crippen LogP contribution in [0, 0.1) is 0 Å². The summed E-state index contributed by atoms with van der Waals surface area (Å²) in [5.74, 6) is -0.462. The van der Waals surface area contributed by atoms with Gasteiger partial charge in [-0.2, -0.15) is 0 Å². The number of esters is 1. The van der Waals surface area contributed by atoms with Gasteiger partial charge < -0.3 is 24.6 Å². The highest BCUT2D eigenvalue weighted by Crippen LogP contribution is 2.24. The standard InChI is InChI=1S/C16H23NO5/c1-10-14(18)13(17(2)3)15(19)12(22-10)9-21-16(20)11-7-5-4-6-8-11/h4-8,10,12-15,18-19H,9H2,1-3H3/t10-,12+,13?,14?,15?/m0/s1. The van der Waals surface area contributed by atoms with Gasteiger partial charge in [0, 0.05) is 0 Å². The third-order valence-corrected chi connectivity index (χ3v) is 3.94. The van der Waals surface area contributed by atoms with E-state index >= 15 is 0 Å². The molecule has 1 fully saturated rings. The van der Waals surface area contributed by atoms with Crippen molar-refractivity contribution in [3.05, 3.63) is 35.9 Å². The Hall–Kier alpha value is -1.47. The van der Waals surface area contributed by atoms with Crippen LogP contribution in [0.4, 0.5) is 0 Å². The van der Waals surface area contributed by atoms with Crippen LogP contribution in [0.15, 0.2) is 30.3 Å². The van der Waals surface area contributed by atoms with Crippen molar-refractivity contribution >= 4 is 5.97 Å². The molecule has 1 aromatic rings. The Kier molecular flexibility index (Phi) is 5.52. The molecule has 2 N–H and O–H groups in total. The molecule has 5 atom stereocenters. The molecule has 1 aromatic carbocycles. The van der Waals surface area contributed by atoms with Gasteiger partial charge in [0.05, 0.1) is 23.8 Å². The molecular weight excluding hydrogens is 286 g/mol. The highest BCUT2D eigenvalue weighted by Gasteiger charge is 2.44. The molecular formula is C16H23NO5. The van der Waals surface area contributed by atoms with Crippen LogP contribution in [0.1, 0.15) is 17.3 Å². The number of hydrogen-bond acceptors (Lipinski definition) is 6. The largest absolute Gasteiger partial charge is 0.459 e. The quantitative estimate of drug-likeness (QED) is 0.778. The number of nitrogens with zero attached hydrogens (tertiary/aromatic N) is 1. The van der Waals surface area contributed by atoms with Crippen LogP contribution in [-0.2, 0) is 9.47 Å². The van der Waals surface area contributed by atoms with Crippen molar-refractivity contribution in [1.82, 2.24) is 4.90 Å². The van der Waals surface area contributed by atoms with E-state index in [1.807, 2.05) is 6.07 Å². The molecule has 6 nitrogen and oxygen atoms in total. The molecule has 0 spiro atoms. The molecule has 0 radical (unpaired) electrons. The lowest BCUT2D eigenvalue weighted by Gasteiger charge is -2.44. The summed E-state index contributed by atoms with van der Waals surface area (Å²) in [6.45, 7) is 1.68. The van der Waals surface area contributed by atoms with E-state index in [2.05, 4.69) is 0 Å². The fraction of sp³-hybridized carbons (Fsp3) is 0.562. The number of likely N-dealkylation sites (N-methyl/N-ethyl adjacent to an activating group) is 1. The molecule has 122 valence electrons. The number of rotatable bonds is 4. The second-order valence-corrected chi connectivity index (χ2v) is 5.78. The summed E-state index contributed by atoms with van der Waals surface area (Å²) in [5, 5.41) is 20.5. The van der Waals surface area contributed by atoms with Gasteiger partial charge in [-0.3, -0.25) is 0 Å². The minimum atomic E-state index is -0.940. The van der Waals surface area contributed by atoms with Crippen molar-refractivity contribution < 1.29 is 24.5 Å². The van der Waals surface area contributed by atoms with Crippen LogP contribution in [0.25, 0.3) is 0 Å². The predicted molar refractivity (Wildman–Crippen MR) is 80.5 cm³/mol. The first-order chi connectivity index (χ1) is 10.4. The number of aliphatic hydroxyl groups excluding tert-OH is 2. The molecule has 1 aliphatic heterocycles. The van der Waals surface area contributed by atoms with Gasteiger partial charge in [-0.1, -0.05) is 18.2 Å². The maximum Gasteiger partial charge on any atom is 0.338 e. The first-order valence-electron chi connectivity index (χ1n) is 7.32. The normalized spacial score (nSPS) is 32.0. The van der Waals surface area contributed by atoms with E-state index in [1.165, 1.54) is 0 Å². The number of carbonyl (C=O) groups excluding carboxylic acids is 1. The van der Waals surface area contributed by atoms with Crippen molar-refractivity contribution in [3.8, 4) is 0 Å². The molecule has 3 unspecified atom stereocenters. The zero-order valence-corrected chi connectivity index (χ0v) is 13.0. The van der Waals surface area contributed by atoms with Gasteiger partial charge in [-0.05, 0) is 33.2 Å². The fourth-order valence-electron chi connectivity index (χ4n) is 2.70. The fourth-order valence-corrected chi connectivity index (χ4v) is 2.70. The molecule has 0 amide bonds. The van der Waals surface area contributed by atoms with E-state index in [0.717, 1.165) is 0 Å². The van der Waals surface area contributed by atoms with Gasteiger partial charge in [-0.15, -0.1) is 0 Å². The number of ether oxygens (including phenoxy) is 2. The van der Waals surface area contributed by atoms with Gasteiger partial charge in [0.1, 0.15) is 18.8 Å². The molecule has 2 rings (SSSR count). The lowest BCUT2D eigenvalue weighted by Crippen LogP contribution is -2.62. The highest BCUT2D eigenvalue weighted by atomic mass is 16.6. The lowest BCUT2D eigenvalue weighted by molar-refractivity contribution is -0.204. The molecule has 0 aromatic heterocycles. The number of hydrogen-bond donors (Lipinski definition) is 2. The van der Waals surface area contributed by atoms with Crippen LogP contribution < -0.4 is 0 Å².